The van der Waals surface area contributed by atoms with Gasteiger partial charge < -0.3 is 4.74 Å². The van der Waals surface area contributed by atoms with E-state index >= 15 is 0 Å². The fraction of sp³-hybridized carbons (Fsp3) is 0.444. The molecule has 9 nitrogen and oxygen atoms in total. The van der Waals surface area contributed by atoms with Crippen molar-refractivity contribution in [2.24, 2.45) is 7.05 Å². The summed E-state index contributed by atoms with van der Waals surface area (Å²) in [5, 5.41) is 4.48. The molecular weight excluding hydrogens is 348 g/mol. The molecule has 0 unspecified atom stereocenters. The van der Waals surface area contributed by atoms with Crippen LogP contribution in [0.1, 0.15) is 18.3 Å². The Morgan fingerprint density at radius 2 is 1.96 bits per heavy atom. The largest absolute Gasteiger partial charge is 0.383 e. The molecule has 0 saturated heterocycles. The van der Waals surface area contributed by atoms with Crippen LogP contribution in [-0.2, 0) is 24.9 Å². The molecule has 3 rings (SSSR count). The van der Waals surface area contributed by atoms with Crippen molar-refractivity contribution in [1.29, 1.82) is 0 Å². The molecule has 3 aromatic heterocycles. The van der Waals surface area contributed by atoms with Crippen LogP contribution < -0.4 is 11.2 Å². The fourth-order valence-electron chi connectivity index (χ4n) is 3.15. The minimum Gasteiger partial charge on any atom is -0.383 e. The minimum atomic E-state index is -0.426. The molecule has 0 aliphatic carbocycles. The van der Waals surface area contributed by atoms with Gasteiger partial charge in [0.1, 0.15) is 0 Å². The number of hydrogen-bond donors (Lipinski definition) is 0. The summed E-state index contributed by atoms with van der Waals surface area (Å²) >= 11 is 0. The summed E-state index contributed by atoms with van der Waals surface area (Å²) in [6.45, 7) is 10.5. The second kappa shape index (κ2) is 6.99. The van der Waals surface area contributed by atoms with Gasteiger partial charge in [-0.25, -0.2) is 9.48 Å². The Kier molecular flexibility index (Phi) is 4.88. The summed E-state index contributed by atoms with van der Waals surface area (Å²) in [7, 11) is 3.14. The van der Waals surface area contributed by atoms with Crippen molar-refractivity contribution in [3.8, 4) is 5.95 Å². The average molecular weight is 372 g/mol. The van der Waals surface area contributed by atoms with E-state index in [2.05, 4.69) is 16.7 Å². The van der Waals surface area contributed by atoms with E-state index in [0.717, 1.165) is 17.0 Å². The van der Waals surface area contributed by atoms with Crippen LogP contribution in [0.2, 0.25) is 0 Å². The second-order valence-electron chi connectivity index (χ2n) is 6.76. The number of allylic oxidation sites excluding steroid dienone is 1. The Hall–Kier alpha value is -2.94. The standard InChI is InChI=1S/C18H24N6O3/c1-11(2)10-23-14-15(19-17(23)24-13(4)9-12(3)20-24)21(5)18(26)22(16(14)25)7-8-27-6/h9H,1,7-8,10H2,2-6H3. The van der Waals surface area contributed by atoms with Gasteiger partial charge in [-0.2, -0.15) is 10.1 Å². The van der Waals surface area contributed by atoms with Crippen molar-refractivity contribution in [2.75, 3.05) is 13.7 Å². The Morgan fingerprint density at radius 1 is 1.26 bits per heavy atom. The average Bonchev–Trinajstić information content (AvgIpc) is 3.12. The number of imidazole rings is 1. The predicted molar refractivity (Wildman–Crippen MR) is 103 cm³/mol. The van der Waals surface area contributed by atoms with Gasteiger partial charge in [-0.3, -0.25) is 18.5 Å². The van der Waals surface area contributed by atoms with E-state index in [1.807, 2.05) is 26.8 Å². The zero-order valence-electron chi connectivity index (χ0n) is 16.3. The topological polar surface area (TPSA) is 88.9 Å². The van der Waals surface area contributed by atoms with Crippen molar-refractivity contribution in [3.05, 3.63) is 50.4 Å². The molecule has 0 atom stereocenters. The normalized spacial score (nSPS) is 11.4. The summed E-state index contributed by atoms with van der Waals surface area (Å²) in [5.74, 6) is 0.482. The van der Waals surface area contributed by atoms with Gasteiger partial charge in [-0.1, -0.05) is 12.2 Å². The highest BCUT2D eigenvalue weighted by atomic mass is 16.5. The van der Waals surface area contributed by atoms with Crippen molar-refractivity contribution in [2.45, 2.75) is 33.9 Å². The highest BCUT2D eigenvalue weighted by molar-refractivity contribution is 5.73. The van der Waals surface area contributed by atoms with Gasteiger partial charge in [0.05, 0.1) is 18.8 Å². The lowest BCUT2D eigenvalue weighted by Gasteiger charge is -2.11. The number of nitrogens with zero attached hydrogens (tertiary/aromatic N) is 6. The van der Waals surface area contributed by atoms with Gasteiger partial charge in [-0.15, -0.1) is 0 Å². The van der Waals surface area contributed by atoms with Gasteiger partial charge >= 0.3 is 5.69 Å². The molecule has 0 fully saturated rings. The molecule has 3 aromatic rings. The molecule has 3 heterocycles. The van der Waals surface area contributed by atoms with Crippen LogP contribution in [0.15, 0.2) is 27.8 Å². The van der Waals surface area contributed by atoms with E-state index in [1.54, 1.807) is 16.3 Å². The van der Waals surface area contributed by atoms with Crippen LogP contribution in [0.4, 0.5) is 0 Å². The lowest BCUT2D eigenvalue weighted by atomic mass is 10.3. The van der Waals surface area contributed by atoms with E-state index < -0.39 is 11.2 Å². The Labute approximate surface area is 156 Å². The van der Waals surface area contributed by atoms with Crippen LogP contribution in [0.25, 0.3) is 17.1 Å². The molecule has 0 saturated carbocycles. The van der Waals surface area contributed by atoms with Gasteiger partial charge in [0, 0.05) is 26.4 Å². The van der Waals surface area contributed by atoms with Crippen molar-refractivity contribution in [3.63, 3.8) is 0 Å². The highest BCUT2D eigenvalue weighted by Gasteiger charge is 2.22. The summed E-state index contributed by atoms with van der Waals surface area (Å²) < 4.78 is 11.0. The third-order valence-electron chi connectivity index (χ3n) is 4.36. The first-order valence-corrected chi connectivity index (χ1v) is 8.63. The van der Waals surface area contributed by atoms with Gasteiger partial charge in [0.2, 0.25) is 5.95 Å². The maximum atomic E-state index is 13.1. The van der Waals surface area contributed by atoms with E-state index in [4.69, 9.17) is 4.74 Å². The first kappa shape index (κ1) is 18.8. The molecular formula is C18H24N6O3. The first-order chi connectivity index (χ1) is 12.8. The molecule has 27 heavy (non-hydrogen) atoms. The molecule has 0 amide bonds. The van der Waals surface area contributed by atoms with Crippen LogP contribution in [0.3, 0.4) is 0 Å². The number of hydrogen-bond acceptors (Lipinski definition) is 5. The smallest absolute Gasteiger partial charge is 0.332 e. The van der Waals surface area contributed by atoms with Crippen LogP contribution >= 0.6 is 0 Å². The minimum absolute atomic E-state index is 0.172. The Bertz CT molecular complexity index is 1140. The van der Waals surface area contributed by atoms with Crippen molar-refractivity contribution in [1.82, 2.24) is 28.5 Å². The summed E-state index contributed by atoms with van der Waals surface area (Å²) in [4.78, 5) is 30.4. The summed E-state index contributed by atoms with van der Waals surface area (Å²) in [6, 6.07) is 1.93. The lowest BCUT2D eigenvalue weighted by Crippen LogP contribution is -2.40. The SMILES string of the molecule is C=C(C)Cn1c(-n2nc(C)cc2C)nc2c1c(=O)n(CCOC)c(=O)n2C. The van der Waals surface area contributed by atoms with Crippen molar-refractivity contribution >= 4 is 11.2 Å². The quantitative estimate of drug-likeness (QED) is 0.601. The first-order valence-electron chi connectivity index (χ1n) is 8.63. The number of aromatic nitrogens is 6. The summed E-state index contributed by atoms with van der Waals surface area (Å²) in [6.07, 6.45) is 0. The maximum Gasteiger partial charge on any atom is 0.332 e. The van der Waals surface area contributed by atoms with Crippen LogP contribution in [0, 0.1) is 13.8 Å². The van der Waals surface area contributed by atoms with Crippen LogP contribution in [0.5, 0.6) is 0 Å². The molecule has 9 heteroatoms. The Balaban J connectivity index is 2.42. The highest BCUT2D eigenvalue weighted by Crippen LogP contribution is 2.18. The van der Waals surface area contributed by atoms with E-state index in [1.165, 1.54) is 16.2 Å². The number of methoxy groups -OCH3 is 1. The van der Waals surface area contributed by atoms with E-state index in [9.17, 15) is 9.59 Å². The molecule has 0 aromatic carbocycles. The summed E-state index contributed by atoms with van der Waals surface area (Å²) in [5.41, 5.74) is 2.43. The monoisotopic (exact) mass is 372 g/mol. The molecule has 144 valence electrons. The Morgan fingerprint density at radius 3 is 2.52 bits per heavy atom. The molecule has 0 aliphatic heterocycles. The molecule has 0 N–H and O–H groups in total. The predicted octanol–water partition coefficient (Wildman–Crippen LogP) is 0.922. The third-order valence-corrected chi connectivity index (χ3v) is 4.36. The third kappa shape index (κ3) is 3.14. The second-order valence-corrected chi connectivity index (χ2v) is 6.76. The molecule has 0 spiro atoms. The van der Waals surface area contributed by atoms with Gasteiger partial charge in [0.15, 0.2) is 11.2 Å². The zero-order chi connectivity index (χ0) is 19.9. The zero-order valence-corrected chi connectivity index (χ0v) is 16.3. The van der Waals surface area contributed by atoms with E-state index in [0.29, 0.717) is 23.7 Å². The number of fused-ring (bicyclic) bond motifs is 1. The molecule has 0 aliphatic rings. The maximum absolute atomic E-state index is 13.1. The van der Waals surface area contributed by atoms with Crippen LogP contribution in [-0.4, -0.2) is 42.2 Å². The molecule has 0 bridgehead atoms. The van der Waals surface area contributed by atoms with Gasteiger partial charge in [-0.05, 0) is 26.8 Å². The van der Waals surface area contributed by atoms with E-state index in [-0.39, 0.29) is 13.2 Å². The lowest BCUT2D eigenvalue weighted by molar-refractivity contribution is 0.184. The van der Waals surface area contributed by atoms with Crippen molar-refractivity contribution < 1.29 is 4.74 Å². The fourth-order valence-corrected chi connectivity index (χ4v) is 3.15. The van der Waals surface area contributed by atoms with Gasteiger partial charge in [0.25, 0.3) is 5.56 Å². The number of ether oxygens (including phenoxy) is 1. The number of aryl methyl sites for hydroxylation is 3. The molecule has 0 radical (unpaired) electrons. The number of rotatable bonds is 6.